The molecule has 0 bridgehead atoms. The van der Waals surface area contributed by atoms with E-state index < -0.39 is 21.8 Å². The fourth-order valence-electron chi connectivity index (χ4n) is 1.71. The summed E-state index contributed by atoms with van der Waals surface area (Å²) in [6.45, 7) is -0.362. The maximum absolute atomic E-state index is 11.4. The molecule has 0 heterocycles. The molecule has 96 valence electrons. The molecule has 0 unspecified atom stereocenters. The minimum atomic E-state index is -3.91. The number of carbonyl (C=O) groups is 1. The first-order valence-corrected chi connectivity index (χ1v) is 7.11. The van der Waals surface area contributed by atoms with Gasteiger partial charge in [0.2, 0.25) is 0 Å². The summed E-state index contributed by atoms with van der Waals surface area (Å²) in [5, 5.41) is 0. The van der Waals surface area contributed by atoms with Gasteiger partial charge in [-0.3, -0.25) is 8.98 Å². The fraction of sp³-hybridized carbons (Fsp3) is 0.727. The van der Waals surface area contributed by atoms with E-state index in [-0.39, 0.29) is 12.7 Å². The van der Waals surface area contributed by atoms with E-state index in [2.05, 4.69) is 4.18 Å². The van der Waals surface area contributed by atoms with Crippen LogP contribution in [0.15, 0.2) is 0 Å². The first kappa shape index (κ1) is 14.0. The Balaban J connectivity index is 2.35. The molecule has 0 saturated heterocycles. The largest absolute Gasteiger partial charge is 0.462 e. The summed E-state index contributed by atoms with van der Waals surface area (Å²) in [7, 11) is -3.91. The molecule has 0 atom stereocenters. The van der Waals surface area contributed by atoms with Crippen molar-refractivity contribution in [3.05, 3.63) is 0 Å². The summed E-state index contributed by atoms with van der Waals surface area (Å²) in [6, 6.07) is 0. The van der Waals surface area contributed by atoms with Gasteiger partial charge in [0.25, 0.3) is 10.1 Å². The Labute approximate surface area is 102 Å². The molecule has 1 fully saturated rings. The second kappa shape index (κ2) is 6.62. The first-order valence-electron chi connectivity index (χ1n) is 5.53. The lowest BCUT2D eigenvalue weighted by Crippen LogP contribution is -2.26. The van der Waals surface area contributed by atoms with Crippen molar-refractivity contribution in [3.8, 4) is 12.3 Å². The quantitative estimate of drug-likeness (QED) is 0.416. The van der Waals surface area contributed by atoms with Crippen LogP contribution in [-0.2, 0) is 23.8 Å². The third kappa shape index (κ3) is 5.71. The van der Waals surface area contributed by atoms with Gasteiger partial charge in [-0.15, -0.1) is 6.42 Å². The molecular formula is C11H16O5S. The van der Waals surface area contributed by atoms with Gasteiger partial charge < -0.3 is 4.74 Å². The number of terminal acetylenes is 1. The first-order chi connectivity index (χ1) is 8.03. The normalized spacial score (nSPS) is 17.4. The molecule has 0 radical (unpaired) electrons. The van der Waals surface area contributed by atoms with Crippen molar-refractivity contribution in [1.82, 2.24) is 0 Å². The summed E-state index contributed by atoms with van der Waals surface area (Å²) in [5.41, 5.74) is 0. The van der Waals surface area contributed by atoms with Crippen LogP contribution in [0.1, 0.15) is 32.1 Å². The Kier molecular flexibility index (Phi) is 5.45. The van der Waals surface area contributed by atoms with Crippen LogP contribution in [-0.4, -0.2) is 32.9 Å². The lowest BCUT2D eigenvalue weighted by atomic mass is 9.98. The van der Waals surface area contributed by atoms with Gasteiger partial charge in [-0.2, -0.15) is 8.42 Å². The fourth-order valence-corrected chi connectivity index (χ4v) is 2.40. The second-order valence-electron chi connectivity index (χ2n) is 3.92. The van der Waals surface area contributed by atoms with Crippen molar-refractivity contribution in [2.45, 2.75) is 38.2 Å². The van der Waals surface area contributed by atoms with Gasteiger partial charge in [-0.25, -0.2) is 0 Å². The molecule has 17 heavy (non-hydrogen) atoms. The standard InChI is InChI=1S/C11H16O5S/c1-2-8-15-17(13,14)9-11(12)16-10-6-4-3-5-7-10/h1,10H,3-9H2. The van der Waals surface area contributed by atoms with Crippen LogP contribution in [0, 0.1) is 12.3 Å². The molecule has 0 aromatic heterocycles. The molecule has 5 nitrogen and oxygen atoms in total. The van der Waals surface area contributed by atoms with Gasteiger partial charge in [0.05, 0.1) is 0 Å². The highest BCUT2D eigenvalue weighted by atomic mass is 32.2. The minimum Gasteiger partial charge on any atom is -0.462 e. The summed E-state index contributed by atoms with van der Waals surface area (Å²) in [5.74, 6) is 0.483. The van der Waals surface area contributed by atoms with Crippen molar-refractivity contribution in [1.29, 1.82) is 0 Å². The van der Waals surface area contributed by atoms with Crippen molar-refractivity contribution in [2.24, 2.45) is 0 Å². The highest BCUT2D eigenvalue weighted by molar-refractivity contribution is 7.87. The van der Waals surface area contributed by atoms with E-state index in [0.29, 0.717) is 0 Å². The number of esters is 1. The van der Waals surface area contributed by atoms with Gasteiger partial charge in [-0.1, -0.05) is 12.3 Å². The maximum Gasteiger partial charge on any atom is 0.323 e. The zero-order valence-electron chi connectivity index (χ0n) is 9.55. The number of carbonyl (C=O) groups excluding carboxylic acids is 1. The third-order valence-electron chi connectivity index (χ3n) is 2.47. The van der Waals surface area contributed by atoms with E-state index in [9.17, 15) is 13.2 Å². The van der Waals surface area contributed by atoms with E-state index in [1.165, 1.54) is 0 Å². The molecule has 0 amide bonds. The van der Waals surface area contributed by atoms with Gasteiger partial charge in [-0.05, 0) is 25.7 Å². The molecule has 0 aromatic rings. The summed E-state index contributed by atoms with van der Waals surface area (Å²) >= 11 is 0. The van der Waals surface area contributed by atoms with Crippen LogP contribution in [0.3, 0.4) is 0 Å². The minimum absolute atomic E-state index is 0.154. The van der Waals surface area contributed by atoms with E-state index in [0.717, 1.165) is 32.1 Å². The van der Waals surface area contributed by atoms with Crippen molar-refractivity contribution in [3.63, 3.8) is 0 Å². The Morgan fingerprint density at radius 3 is 2.53 bits per heavy atom. The van der Waals surface area contributed by atoms with Crippen LogP contribution in [0.25, 0.3) is 0 Å². The molecule has 0 spiro atoms. The molecule has 0 aliphatic heterocycles. The second-order valence-corrected chi connectivity index (χ2v) is 5.56. The lowest BCUT2D eigenvalue weighted by molar-refractivity contribution is -0.147. The summed E-state index contributed by atoms with van der Waals surface area (Å²) < 4.78 is 31.9. The van der Waals surface area contributed by atoms with E-state index in [4.69, 9.17) is 11.2 Å². The zero-order valence-corrected chi connectivity index (χ0v) is 10.4. The number of ether oxygens (including phenoxy) is 1. The van der Waals surface area contributed by atoms with E-state index in [1.807, 2.05) is 5.92 Å². The van der Waals surface area contributed by atoms with Crippen LogP contribution in [0.2, 0.25) is 0 Å². The lowest BCUT2D eigenvalue weighted by Gasteiger charge is -2.21. The highest BCUT2D eigenvalue weighted by Gasteiger charge is 2.22. The van der Waals surface area contributed by atoms with Crippen LogP contribution < -0.4 is 0 Å². The molecule has 6 heteroatoms. The number of rotatable bonds is 5. The van der Waals surface area contributed by atoms with Crippen LogP contribution in [0.4, 0.5) is 0 Å². The molecule has 0 N–H and O–H groups in total. The summed E-state index contributed by atoms with van der Waals surface area (Å²) in [4.78, 5) is 11.4. The Hall–Kier alpha value is -1.06. The predicted molar refractivity (Wildman–Crippen MR) is 61.5 cm³/mol. The third-order valence-corrected chi connectivity index (χ3v) is 3.53. The topological polar surface area (TPSA) is 69.7 Å². The molecule has 1 saturated carbocycles. The van der Waals surface area contributed by atoms with E-state index in [1.54, 1.807) is 0 Å². The average Bonchev–Trinajstić information content (AvgIpc) is 2.27. The zero-order chi connectivity index (χ0) is 12.7. The maximum atomic E-state index is 11.4. The molecule has 1 aliphatic rings. The van der Waals surface area contributed by atoms with Crippen molar-refractivity contribution in [2.75, 3.05) is 12.4 Å². The van der Waals surface area contributed by atoms with Gasteiger partial charge in [0.1, 0.15) is 12.7 Å². The molecule has 0 aromatic carbocycles. The van der Waals surface area contributed by atoms with Crippen LogP contribution >= 0.6 is 0 Å². The molecular weight excluding hydrogens is 244 g/mol. The number of hydrogen-bond acceptors (Lipinski definition) is 5. The van der Waals surface area contributed by atoms with Crippen LogP contribution in [0.5, 0.6) is 0 Å². The Morgan fingerprint density at radius 2 is 1.94 bits per heavy atom. The van der Waals surface area contributed by atoms with Gasteiger partial charge in [0, 0.05) is 0 Å². The van der Waals surface area contributed by atoms with Crippen molar-refractivity contribution >= 4 is 16.1 Å². The highest BCUT2D eigenvalue weighted by Crippen LogP contribution is 2.20. The SMILES string of the molecule is C#CCOS(=O)(=O)CC(=O)OC1CCCCC1. The molecule has 1 aliphatic carbocycles. The predicted octanol–water partition coefficient (Wildman–Crippen LogP) is 0.842. The Morgan fingerprint density at radius 1 is 1.29 bits per heavy atom. The summed E-state index contributed by atoms with van der Waals surface area (Å²) in [6.07, 6.45) is 9.47. The van der Waals surface area contributed by atoms with Gasteiger partial charge >= 0.3 is 5.97 Å². The van der Waals surface area contributed by atoms with Crippen molar-refractivity contribution < 1.29 is 22.1 Å². The van der Waals surface area contributed by atoms with E-state index >= 15 is 0 Å². The molecule has 1 rings (SSSR count). The number of hydrogen-bond donors (Lipinski definition) is 0. The Bertz CT molecular complexity index is 387. The monoisotopic (exact) mass is 260 g/mol. The smallest absolute Gasteiger partial charge is 0.323 e. The average molecular weight is 260 g/mol. The van der Waals surface area contributed by atoms with Gasteiger partial charge in [0.15, 0.2) is 5.75 Å².